The van der Waals surface area contributed by atoms with Gasteiger partial charge in [-0.25, -0.2) is 0 Å². The third kappa shape index (κ3) is 2.61. The van der Waals surface area contributed by atoms with Crippen LogP contribution >= 0.6 is 11.6 Å². The summed E-state index contributed by atoms with van der Waals surface area (Å²) >= 11 is 6.03. The van der Waals surface area contributed by atoms with E-state index in [1.807, 2.05) is 19.2 Å². The number of carbonyl (C=O) groups excluding carboxylic acids is 1. The highest BCUT2D eigenvalue weighted by Gasteiger charge is 2.35. The summed E-state index contributed by atoms with van der Waals surface area (Å²) in [5, 5.41) is 0.496. The van der Waals surface area contributed by atoms with Crippen LogP contribution in [0.3, 0.4) is 0 Å². The number of carbonyl (C=O) groups is 1. The number of benzene rings is 1. The van der Waals surface area contributed by atoms with E-state index in [4.69, 9.17) is 17.3 Å². The molecule has 0 spiro atoms. The van der Waals surface area contributed by atoms with Crippen LogP contribution < -0.4 is 5.73 Å². The molecule has 2 rings (SSSR count). The SMILES string of the molecule is CN(C(=O)c1ccccc1Cl)C(CN)C1CC1. The minimum Gasteiger partial charge on any atom is -0.337 e. The third-order valence-corrected chi connectivity index (χ3v) is 3.66. The highest BCUT2D eigenvalue weighted by molar-refractivity contribution is 6.33. The molecule has 4 heteroatoms. The molecule has 1 aromatic rings. The second-order valence-corrected chi connectivity index (χ2v) is 4.94. The van der Waals surface area contributed by atoms with E-state index in [9.17, 15) is 4.79 Å². The smallest absolute Gasteiger partial charge is 0.255 e. The molecule has 1 aliphatic rings. The lowest BCUT2D eigenvalue weighted by Gasteiger charge is -2.27. The number of hydrogen-bond donors (Lipinski definition) is 1. The van der Waals surface area contributed by atoms with Crippen molar-refractivity contribution in [2.24, 2.45) is 11.7 Å². The summed E-state index contributed by atoms with van der Waals surface area (Å²) < 4.78 is 0. The van der Waals surface area contributed by atoms with Crippen LogP contribution in [-0.2, 0) is 0 Å². The maximum atomic E-state index is 12.3. The van der Waals surface area contributed by atoms with E-state index in [-0.39, 0.29) is 11.9 Å². The third-order valence-electron chi connectivity index (χ3n) is 3.33. The van der Waals surface area contributed by atoms with Crippen molar-refractivity contribution in [3.63, 3.8) is 0 Å². The van der Waals surface area contributed by atoms with E-state index < -0.39 is 0 Å². The van der Waals surface area contributed by atoms with Crippen molar-refractivity contribution in [3.05, 3.63) is 34.9 Å². The molecule has 0 heterocycles. The molecule has 2 N–H and O–H groups in total. The van der Waals surface area contributed by atoms with Crippen LogP contribution in [0.15, 0.2) is 24.3 Å². The quantitative estimate of drug-likeness (QED) is 0.893. The molecular formula is C13H17ClN2O. The van der Waals surface area contributed by atoms with Crippen molar-refractivity contribution in [3.8, 4) is 0 Å². The number of hydrogen-bond acceptors (Lipinski definition) is 2. The molecule has 1 aliphatic carbocycles. The van der Waals surface area contributed by atoms with Crippen LogP contribution in [0.4, 0.5) is 0 Å². The van der Waals surface area contributed by atoms with Crippen molar-refractivity contribution in [2.75, 3.05) is 13.6 Å². The average molecular weight is 253 g/mol. The molecule has 0 aromatic heterocycles. The Morgan fingerprint density at radius 2 is 2.18 bits per heavy atom. The average Bonchev–Trinajstić information content (AvgIpc) is 3.14. The molecule has 0 radical (unpaired) electrons. The standard InChI is InChI=1S/C13H17ClN2O/c1-16(12(8-15)9-6-7-9)13(17)10-4-2-3-5-11(10)14/h2-5,9,12H,6-8,15H2,1H3. The van der Waals surface area contributed by atoms with E-state index in [2.05, 4.69) is 0 Å². The lowest BCUT2D eigenvalue weighted by atomic mass is 10.1. The molecule has 1 amide bonds. The van der Waals surface area contributed by atoms with Gasteiger partial charge in [0.2, 0.25) is 0 Å². The molecule has 92 valence electrons. The molecular weight excluding hydrogens is 236 g/mol. The summed E-state index contributed by atoms with van der Waals surface area (Å²) in [6, 6.07) is 7.26. The van der Waals surface area contributed by atoms with Gasteiger partial charge in [0.1, 0.15) is 0 Å². The molecule has 0 aliphatic heterocycles. The lowest BCUT2D eigenvalue weighted by Crippen LogP contribution is -2.43. The Morgan fingerprint density at radius 1 is 1.53 bits per heavy atom. The van der Waals surface area contributed by atoms with Gasteiger partial charge >= 0.3 is 0 Å². The number of nitrogens with zero attached hydrogens (tertiary/aromatic N) is 1. The largest absolute Gasteiger partial charge is 0.337 e. The summed E-state index contributed by atoms with van der Waals surface area (Å²) in [6.45, 7) is 0.511. The second kappa shape index (κ2) is 5.07. The van der Waals surface area contributed by atoms with Gasteiger partial charge in [-0.3, -0.25) is 4.79 Å². The molecule has 0 bridgehead atoms. The van der Waals surface area contributed by atoms with Crippen molar-refractivity contribution in [2.45, 2.75) is 18.9 Å². The monoisotopic (exact) mass is 252 g/mol. The van der Waals surface area contributed by atoms with Gasteiger partial charge in [0.15, 0.2) is 0 Å². The first kappa shape index (κ1) is 12.4. The van der Waals surface area contributed by atoms with Crippen LogP contribution in [0, 0.1) is 5.92 Å². The molecule has 17 heavy (non-hydrogen) atoms. The van der Waals surface area contributed by atoms with E-state index in [1.54, 1.807) is 17.0 Å². The minimum atomic E-state index is -0.0436. The zero-order valence-electron chi connectivity index (χ0n) is 9.90. The van der Waals surface area contributed by atoms with E-state index in [0.717, 1.165) is 0 Å². The predicted molar refractivity (Wildman–Crippen MR) is 69.1 cm³/mol. The summed E-state index contributed by atoms with van der Waals surface area (Å²) in [5.41, 5.74) is 6.29. The van der Waals surface area contributed by atoms with Gasteiger partial charge in [0.05, 0.1) is 10.6 Å². The van der Waals surface area contributed by atoms with Gasteiger partial charge in [-0.2, -0.15) is 0 Å². The highest BCUT2D eigenvalue weighted by atomic mass is 35.5. The lowest BCUT2D eigenvalue weighted by molar-refractivity contribution is 0.0719. The van der Waals surface area contributed by atoms with Crippen molar-refractivity contribution in [1.82, 2.24) is 4.90 Å². The summed E-state index contributed by atoms with van der Waals surface area (Å²) in [6.07, 6.45) is 2.34. The first-order valence-electron chi connectivity index (χ1n) is 5.87. The summed E-state index contributed by atoms with van der Waals surface area (Å²) in [4.78, 5) is 14.0. The normalized spacial score (nSPS) is 16.6. The fourth-order valence-electron chi connectivity index (χ4n) is 2.12. The zero-order valence-corrected chi connectivity index (χ0v) is 10.7. The number of nitrogens with two attached hydrogens (primary N) is 1. The van der Waals surface area contributed by atoms with Gasteiger partial charge in [-0.1, -0.05) is 23.7 Å². The minimum absolute atomic E-state index is 0.0436. The van der Waals surface area contributed by atoms with Crippen LogP contribution in [0.25, 0.3) is 0 Å². The second-order valence-electron chi connectivity index (χ2n) is 4.54. The predicted octanol–water partition coefficient (Wildman–Crippen LogP) is 2.15. The summed E-state index contributed by atoms with van der Waals surface area (Å²) in [7, 11) is 1.81. The molecule has 1 saturated carbocycles. The Hall–Kier alpha value is -1.06. The van der Waals surface area contributed by atoms with Crippen LogP contribution in [0.1, 0.15) is 23.2 Å². The van der Waals surface area contributed by atoms with E-state index in [0.29, 0.717) is 23.0 Å². The first-order chi connectivity index (χ1) is 8.15. The van der Waals surface area contributed by atoms with Crippen LogP contribution in [0.5, 0.6) is 0 Å². The van der Waals surface area contributed by atoms with Crippen LogP contribution in [-0.4, -0.2) is 30.4 Å². The van der Waals surface area contributed by atoms with Crippen molar-refractivity contribution < 1.29 is 4.79 Å². The fourth-order valence-corrected chi connectivity index (χ4v) is 2.34. The zero-order chi connectivity index (χ0) is 12.4. The topological polar surface area (TPSA) is 46.3 Å². The Labute approximate surface area is 107 Å². The molecule has 3 nitrogen and oxygen atoms in total. The number of halogens is 1. The van der Waals surface area contributed by atoms with Gasteiger partial charge < -0.3 is 10.6 Å². The van der Waals surface area contributed by atoms with Gasteiger partial charge in [-0.05, 0) is 30.9 Å². The highest BCUT2D eigenvalue weighted by Crippen LogP contribution is 2.35. The van der Waals surface area contributed by atoms with Gasteiger partial charge in [0.25, 0.3) is 5.91 Å². The van der Waals surface area contributed by atoms with E-state index >= 15 is 0 Å². The van der Waals surface area contributed by atoms with E-state index in [1.165, 1.54) is 12.8 Å². The van der Waals surface area contributed by atoms with Crippen molar-refractivity contribution >= 4 is 17.5 Å². The fraction of sp³-hybridized carbons (Fsp3) is 0.462. The first-order valence-corrected chi connectivity index (χ1v) is 6.24. The molecule has 1 atom stereocenters. The molecule has 1 aromatic carbocycles. The summed E-state index contributed by atoms with van der Waals surface area (Å²) in [5.74, 6) is 0.523. The number of likely N-dealkylation sites (N-methyl/N-ethyl adjacent to an activating group) is 1. The number of rotatable bonds is 4. The number of amides is 1. The Balaban J connectivity index is 2.16. The maximum Gasteiger partial charge on any atom is 0.255 e. The van der Waals surface area contributed by atoms with Crippen molar-refractivity contribution in [1.29, 1.82) is 0 Å². The van der Waals surface area contributed by atoms with Crippen LogP contribution in [0.2, 0.25) is 5.02 Å². The Kier molecular flexibility index (Phi) is 3.69. The van der Waals surface area contributed by atoms with Gasteiger partial charge in [-0.15, -0.1) is 0 Å². The molecule has 1 fully saturated rings. The Bertz CT molecular complexity index is 418. The van der Waals surface area contributed by atoms with Gasteiger partial charge in [0, 0.05) is 19.6 Å². The maximum absolute atomic E-state index is 12.3. The Morgan fingerprint density at radius 3 is 2.71 bits per heavy atom. The molecule has 1 unspecified atom stereocenters. The molecule has 0 saturated heterocycles.